The van der Waals surface area contributed by atoms with Gasteiger partial charge in [-0.3, -0.25) is 0 Å². The second kappa shape index (κ2) is 6.14. The lowest BCUT2D eigenvalue weighted by molar-refractivity contribution is 0.170. The van der Waals surface area contributed by atoms with Crippen molar-refractivity contribution >= 4 is 15.9 Å². The minimum Gasteiger partial charge on any atom is -0.486 e. The number of nitrogens with one attached hydrogen (secondary N) is 1. The number of hydrogen-bond acceptors (Lipinski definition) is 3. The van der Waals surface area contributed by atoms with Gasteiger partial charge in [0.2, 0.25) is 0 Å². The molecule has 1 heterocycles. The largest absolute Gasteiger partial charge is 0.486 e. The van der Waals surface area contributed by atoms with E-state index in [9.17, 15) is 0 Å². The first-order chi connectivity index (χ1) is 9.33. The summed E-state index contributed by atoms with van der Waals surface area (Å²) < 4.78 is 12.3. The fraction of sp³-hybridized carbons (Fsp3) is 0.600. The third-order valence-electron chi connectivity index (χ3n) is 3.56. The van der Waals surface area contributed by atoms with E-state index < -0.39 is 0 Å². The highest BCUT2D eigenvalue weighted by Gasteiger charge is 2.19. The molecule has 0 saturated heterocycles. The molecule has 2 aliphatic rings. The molecule has 3 nitrogen and oxygen atoms in total. The normalized spacial score (nSPS) is 17.5. The van der Waals surface area contributed by atoms with Crippen molar-refractivity contribution in [3.63, 3.8) is 0 Å². The van der Waals surface area contributed by atoms with Crippen LogP contribution in [0.15, 0.2) is 16.6 Å². The molecule has 3 rings (SSSR count). The van der Waals surface area contributed by atoms with Gasteiger partial charge in [-0.05, 0) is 72.3 Å². The van der Waals surface area contributed by atoms with Crippen LogP contribution in [-0.4, -0.2) is 25.8 Å². The number of ether oxygens (including phenoxy) is 2. The van der Waals surface area contributed by atoms with E-state index in [1.165, 1.54) is 31.2 Å². The lowest BCUT2D eigenvalue weighted by Gasteiger charge is -2.20. The topological polar surface area (TPSA) is 30.5 Å². The van der Waals surface area contributed by atoms with E-state index in [1.54, 1.807) is 0 Å². The molecule has 0 aromatic heterocycles. The van der Waals surface area contributed by atoms with E-state index >= 15 is 0 Å². The summed E-state index contributed by atoms with van der Waals surface area (Å²) in [7, 11) is 0. The first-order valence-electron chi connectivity index (χ1n) is 7.14. The van der Waals surface area contributed by atoms with Crippen LogP contribution in [-0.2, 0) is 6.42 Å². The predicted molar refractivity (Wildman–Crippen MR) is 79.1 cm³/mol. The van der Waals surface area contributed by atoms with Crippen LogP contribution in [0.25, 0.3) is 0 Å². The van der Waals surface area contributed by atoms with Gasteiger partial charge >= 0.3 is 0 Å². The smallest absolute Gasteiger partial charge is 0.175 e. The van der Waals surface area contributed by atoms with E-state index in [-0.39, 0.29) is 0 Å². The van der Waals surface area contributed by atoms with Gasteiger partial charge in [-0.15, -0.1) is 0 Å². The zero-order valence-electron chi connectivity index (χ0n) is 11.1. The van der Waals surface area contributed by atoms with Crippen molar-refractivity contribution in [1.82, 2.24) is 5.32 Å². The quantitative estimate of drug-likeness (QED) is 0.814. The van der Waals surface area contributed by atoms with E-state index in [2.05, 4.69) is 33.4 Å². The van der Waals surface area contributed by atoms with Gasteiger partial charge in [0.15, 0.2) is 11.5 Å². The average molecular weight is 326 g/mol. The molecule has 4 heteroatoms. The Morgan fingerprint density at radius 3 is 2.84 bits per heavy atom. The van der Waals surface area contributed by atoms with Gasteiger partial charge in [-0.1, -0.05) is 0 Å². The van der Waals surface area contributed by atoms with Crippen molar-refractivity contribution in [2.24, 2.45) is 0 Å². The summed E-state index contributed by atoms with van der Waals surface area (Å²) in [5.74, 6) is 1.73. The summed E-state index contributed by atoms with van der Waals surface area (Å²) >= 11 is 3.57. The monoisotopic (exact) mass is 325 g/mol. The zero-order chi connectivity index (χ0) is 13.1. The van der Waals surface area contributed by atoms with Crippen LogP contribution in [0.4, 0.5) is 0 Å². The maximum absolute atomic E-state index is 5.64. The summed E-state index contributed by atoms with van der Waals surface area (Å²) in [4.78, 5) is 0. The van der Waals surface area contributed by atoms with Gasteiger partial charge in [0.25, 0.3) is 0 Å². The molecule has 0 unspecified atom stereocenters. The lowest BCUT2D eigenvalue weighted by Crippen LogP contribution is -2.17. The molecule has 0 atom stereocenters. The van der Waals surface area contributed by atoms with E-state index in [4.69, 9.17) is 9.47 Å². The number of unbranched alkanes of at least 4 members (excludes halogenated alkanes) is 1. The molecule has 104 valence electrons. The third-order valence-corrected chi connectivity index (χ3v) is 4.15. The molecule has 0 spiro atoms. The van der Waals surface area contributed by atoms with Crippen molar-refractivity contribution in [1.29, 1.82) is 0 Å². The molecule has 1 N–H and O–H groups in total. The van der Waals surface area contributed by atoms with Gasteiger partial charge < -0.3 is 14.8 Å². The highest BCUT2D eigenvalue weighted by atomic mass is 79.9. The Hall–Kier alpha value is -0.740. The van der Waals surface area contributed by atoms with E-state index in [0.29, 0.717) is 13.2 Å². The first kappa shape index (κ1) is 13.3. The molecule has 1 aliphatic carbocycles. The fourth-order valence-electron chi connectivity index (χ4n) is 2.36. The van der Waals surface area contributed by atoms with Gasteiger partial charge in [-0.25, -0.2) is 0 Å². The van der Waals surface area contributed by atoms with E-state index in [1.807, 2.05) is 0 Å². The number of halogens is 1. The number of aryl methyl sites for hydroxylation is 1. The predicted octanol–water partition coefficient (Wildman–Crippen LogP) is 3.30. The van der Waals surface area contributed by atoms with Crippen molar-refractivity contribution in [2.45, 2.75) is 38.1 Å². The Kier molecular flexibility index (Phi) is 4.28. The molecular formula is C15H20BrNO2. The minimum atomic E-state index is 0.637. The third kappa shape index (κ3) is 3.63. The maximum atomic E-state index is 5.64. The SMILES string of the molecule is Brc1cc(CCCCNC2CC2)cc2c1OCCO2. The Labute approximate surface area is 122 Å². The summed E-state index contributed by atoms with van der Waals surface area (Å²) in [5, 5.41) is 3.55. The van der Waals surface area contributed by atoms with Crippen LogP contribution in [0, 0.1) is 0 Å². The van der Waals surface area contributed by atoms with Gasteiger partial charge in [0.1, 0.15) is 13.2 Å². The van der Waals surface area contributed by atoms with Crippen molar-refractivity contribution in [3.8, 4) is 11.5 Å². The zero-order valence-corrected chi connectivity index (χ0v) is 12.7. The molecular weight excluding hydrogens is 306 g/mol. The number of benzene rings is 1. The van der Waals surface area contributed by atoms with Crippen LogP contribution in [0.3, 0.4) is 0 Å². The maximum Gasteiger partial charge on any atom is 0.175 e. The molecule has 0 radical (unpaired) electrons. The summed E-state index contributed by atoms with van der Waals surface area (Å²) in [6.45, 7) is 2.43. The highest BCUT2D eigenvalue weighted by Crippen LogP contribution is 2.38. The van der Waals surface area contributed by atoms with Crippen molar-refractivity contribution in [3.05, 3.63) is 22.2 Å². The molecule has 1 aliphatic heterocycles. The Morgan fingerprint density at radius 2 is 2.00 bits per heavy atom. The van der Waals surface area contributed by atoms with Gasteiger partial charge in [-0.2, -0.15) is 0 Å². The molecule has 1 aromatic rings. The molecule has 1 aromatic carbocycles. The molecule has 0 bridgehead atoms. The van der Waals surface area contributed by atoms with Crippen molar-refractivity contribution in [2.75, 3.05) is 19.8 Å². The first-order valence-corrected chi connectivity index (χ1v) is 7.93. The molecule has 1 fully saturated rings. The molecule has 0 amide bonds. The van der Waals surface area contributed by atoms with Crippen LogP contribution < -0.4 is 14.8 Å². The standard InChI is InChI=1S/C15H20BrNO2/c16-13-9-11(3-1-2-6-17-12-4-5-12)10-14-15(13)19-8-7-18-14/h9-10,12,17H,1-8H2. The minimum absolute atomic E-state index is 0.637. The second-order valence-corrected chi connectivity index (χ2v) is 6.14. The van der Waals surface area contributed by atoms with Crippen molar-refractivity contribution < 1.29 is 9.47 Å². The number of hydrogen-bond donors (Lipinski definition) is 1. The van der Waals surface area contributed by atoms with Gasteiger partial charge in [0.05, 0.1) is 4.47 Å². The Morgan fingerprint density at radius 1 is 1.16 bits per heavy atom. The number of fused-ring (bicyclic) bond motifs is 1. The van der Waals surface area contributed by atoms with Crippen LogP contribution >= 0.6 is 15.9 Å². The van der Waals surface area contributed by atoms with Crippen LogP contribution in [0.5, 0.6) is 11.5 Å². The lowest BCUT2D eigenvalue weighted by atomic mass is 10.1. The van der Waals surface area contributed by atoms with Crippen LogP contribution in [0.1, 0.15) is 31.2 Å². The van der Waals surface area contributed by atoms with Gasteiger partial charge in [0, 0.05) is 6.04 Å². The number of rotatable bonds is 6. The molecule has 19 heavy (non-hydrogen) atoms. The summed E-state index contributed by atoms with van der Waals surface area (Å²) in [6, 6.07) is 5.10. The second-order valence-electron chi connectivity index (χ2n) is 5.29. The average Bonchev–Trinajstić information content (AvgIpc) is 3.23. The highest BCUT2D eigenvalue weighted by molar-refractivity contribution is 9.10. The Balaban J connectivity index is 1.50. The van der Waals surface area contributed by atoms with E-state index in [0.717, 1.165) is 35.0 Å². The van der Waals surface area contributed by atoms with Crippen LogP contribution in [0.2, 0.25) is 0 Å². The fourth-order valence-corrected chi connectivity index (χ4v) is 2.96. The summed E-state index contributed by atoms with van der Waals surface area (Å²) in [5.41, 5.74) is 1.32. The molecule has 1 saturated carbocycles. The Bertz CT molecular complexity index is 446. The summed E-state index contributed by atoms with van der Waals surface area (Å²) in [6.07, 6.45) is 6.29.